The summed E-state index contributed by atoms with van der Waals surface area (Å²) in [4.78, 5) is 20.7. The minimum Gasteiger partial charge on any atom is -0.399 e. The third-order valence-electron chi connectivity index (χ3n) is 5.62. The van der Waals surface area contributed by atoms with Crippen molar-refractivity contribution in [1.29, 1.82) is 0 Å². The van der Waals surface area contributed by atoms with Gasteiger partial charge in [-0.15, -0.1) is 0 Å². The molecule has 0 bridgehead atoms. The quantitative estimate of drug-likeness (QED) is 0.359. The van der Waals surface area contributed by atoms with Gasteiger partial charge in [0.2, 0.25) is 0 Å². The van der Waals surface area contributed by atoms with Crippen molar-refractivity contribution in [3.63, 3.8) is 0 Å². The van der Waals surface area contributed by atoms with Gasteiger partial charge in [-0.05, 0) is 34.9 Å². The second kappa shape index (κ2) is 8.13. The van der Waals surface area contributed by atoms with E-state index in [2.05, 4.69) is 4.98 Å². The standard InChI is InChI=1S/C27H22N4O/c28-15-17-9-11-19(12-10-17)25-22(18-5-2-1-3-6-18)14-23-26(31-25)24(16-30-27(23)32)20-7-4-8-21(29)13-20/h1-14,16H,15,28-29H2,(H,30,32). The summed E-state index contributed by atoms with van der Waals surface area (Å²) in [5, 5.41) is 0.533. The first-order chi connectivity index (χ1) is 15.6. The van der Waals surface area contributed by atoms with Gasteiger partial charge in [-0.2, -0.15) is 0 Å². The molecule has 5 N–H and O–H groups in total. The van der Waals surface area contributed by atoms with Crippen LogP contribution in [0.5, 0.6) is 0 Å². The Kier molecular flexibility index (Phi) is 5.01. The van der Waals surface area contributed by atoms with Gasteiger partial charge in [0.25, 0.3) is 5.56 Å². The molecule has 2 heterocycles. The SMILES string of the molecule is NCc1ccc(-c2nc3c(-c4cccc(N)c4)c[nH]c(=O)c3cc2-c2ccccc2)cc1. The number of aromatic amines is 1. The van der Waals surface area contributed by atoms with Crippen LogP contribution in [0.25, 0.3) is 44.4 Å². The van der Waals surface area contributed by atoms with Gasteiger partial charge < -0.3 is 16.5 Å². The first-order valence-electron chi connectivity index (χ1n) is 10.4. The van der Waals surface area contributed by atoms with E-state index in [0.717, 1.165) is 39.1 Å². The predicted molar refractivity (Wildman–Crippen MR) is 131 cm³/mol. The van der Waals surface area contributed by atoms with Crippen molar-refractivity contribution in [1.82, 2.24) is 9.97 Å². The molecule has 0 spiro atoms. The summed E-state index contributed by atoms with van der Waals surface area (Å²) < 4.78 is 0. The fraction of sp³-hybridized carbons (Fsp3) is 0.0370. The van der Waals surface area contributed by atoms with Crippen molar-refractivity contribution < 1.29 is 0 Å². The molecule has 3 aromatic carbocycles. The van der Waals surface area contributed by atoms with Gasteiger partial charge in [-0.1, -0.05) is 66.7 Å². The highest BCUT2D eigenvalue weighted by atomic mass is 16.1. The number of nitrogens with zero attached hydrogens (tertiary/aromatic N) is 1. The van der Waals surface area contributed by atoms with Crippen molar-refractivity contribution in [2.24, 2.45) is 5.73 Å². The number of nitrogen functional groups attached to an aromatic ring is 1. The maximum Gasteiger partial charge on any atom is 0.257 e. The summed E-state index contributed by atoms with van der Waals surface area (Å²) in [6, 6.07) is 27.6. The van der Waals surface area contributed by atoms with Crippen molar-refractivity contribution in [3.8, 4) is 33.5 Å². The monoisotopic (exact) mass is 418 g/mol. The lowest BCUT2D eigenvalue weighted by atomic mass is 9.95. The fourth-order valence-corrected chi connectivity index (χ4v) is 3.96. The second-order valence-corrected chi connectivity index (χ2v) is 7.70. The molecule has 0 saturated carbocycles. The smallest absolute Gasteiger partial charge is 0.257 e. The maximum absolute atomic E-state index is 12.8. The molecule has 5 aromatic rings. The summed E-state index contributed by atoms with van der Waals surface area (Å²) in [7, 11) is 0. The van der Waals surface area contributed by atoms with E-state index in [0.29, 0.717) is 23.1 Å². The summed E-state index contributed by atoms with van der Waals surface area (Å²) in [6.45, 7) is 0.478. The fourth-order valence-electron chi connectivity index (χ4n) is 3.96. The van der Waals surface area contributed by atoms with Gasteiger partial charge in [0.1, 0.15) is 0 Å². The number of anilines is 1. The number of rotatable bonds is 4. The molecule has 5 rings (SSSR count). The lowest BCUT2D eigenvalue weighted by molar-refractivity contribution is 1.07. The van der Waals surface area contributed by atoms with Crippen LogP contribution >= 0.6 is 0 Å². The zero-order valence-corrected chi connectivity index (χ0v) is 17.4. The van der Waals surface area contributed by atoms with Crippen LogP contribution in [0, 0.1) is 0 Å². The number of nitrogens with one attached hydrogen (secondary N) is 1. The van der Waals surface area contributed by atoms with Gasteiger partial charge in [-0.25, -0.2) is 4.98 Å². The Morgan fingerprint density at radius 1 is 0.781 bits per heavy atom. The van der Waals surface area contributed by atoms with Crippen LogP contribution in [-0.4, -0.2) is 9.97 Å². The van der Waals surface area contributed by atoms with Crippen molar-refractivity contribution >= 4 is 16.6 Å². The molecule has 0 fully saturated rings. The first-order valence-corrected chi connectivity index (χ1v) is 10.4. The summed E-state index contributed by atoms with van der Waals surface area (Å²) in [5.41, 5.74) is 19.3. The molecule has 0 atom stereocenters. The van der Waals surface area contributed by atoms with E-state index in [4.69, 9.17) is 16.5 Å². The molecule has 0 aliphatic rings. The van der Waals surface area contributed by atoms with Crippen LogP contribution in [0.1, 0.15) is 5.56 Å². The summed E-state index contributed by atoms with van der Waals surface area (Å²) in [5.74, 6) is 0. The number of fused-ring (bicyclic) bond motifs is 1. The number of hydrogen-bond donors (Lipinski definition) is 3. The molecule has 32 heavy (non-hydrogen) atoms. The largest absolute Gasteiger partial charge is 0.399 e. The number of benzene rings is 3. The van der Waals surface area contributed by atoms with Crippen LogP contribution in [0.2, 0.25) is 0 Å². The highest BCUT2D eigenvalue weighted by molar-refractivity contribution is 5.98. The van der Waals surface area contributed by atoms with E-state index in [1.165, 1.54) is 0 Å². The predicted octanol–water partition coefficient (Wildman–Crippen LogP) is 4.97. The summed E-state index contributed by atoms with van der Waals surface area (Å²) in [6.07, 6.45) is 1.70. The highest BCUT2D eigenvalue weighted by Gasteiger charge is 2.16. The Balaban J connectivity index is 1.84. The normalized spacial score (nSPS) is 11.0. The van der Waals surface area contributed by atoms with E-state index in [1.807, 2.05) is 84.9 Å². The molecule has 5 nitrogen and oxygen atoms in total. The molecular formula is C27H22N4O. The molecule has 0 aliphatic heterocycles. The van der Waals surface area contributed by atoms with E-state index in [1.54, 1.807) is 6.20 Å². The molecule has 0 saturated heterocycles. The summed E-state index contributed by atoms with van der Waals surface area (Å²) >= 11 is 0. The van der Waals surface area contributed by atoms with Crippen LogP contribution < -0.4 is 17.0 Å². The van der Waals surface area contributed by atoms with Crippen LogP contribution in [0.3, 0.4) is 0 Å². The van der Waals surface area contributed by atoms with Gasteiger partial charge in [0.05, 0.1) is 16.6 Å². The molecular weight excluding hydrogens is 396 g/mol. The Morgan fingerprint density at radius 3 is 2.25 bits per heavy atom. The van der Waals surface area contributed by atoms with E-state index >= 15 is 0 Å². The maximum atomic E-state index is 12.8. The number of hydrogen-bond acceptors (Lipinski definition) is 4. The number of H-pyrrole nitrogens is 1. The minimum atomic E-state index is -0.178. The average Bonchev–Trinajstić information content (AvgIpc) is 2.84. The average molecular weight is 419 g/mol. The Labute approximate surface area is 185 Å². The van der Waals surface area contributed by atoms with Crippen LogP contribution in [-0.2, 0) is 6.54 Å². The molecule has 0 radical (unpaired) electrons. The molecule has 0 aliphatic carbocycles. The molecule has 0 amide bonds. The zero-order chi connectivity index (χ0) is 22.1. The van der Waals surface area contributed by atoms with E-state index in [-0.39, 0.29) is 5.56 Å². The Morgan fingerprint density at radius 2 is 1.53 bits per heavy atom. The van der Waals surface area contributed by atoms with Gasteiger partial charge in [-0.3, -0.25) is 4.79 Å². The van der Waals surface area contributed by atoms with Crippen molar-refractivity contribution in [2.45, 2.75) is 6.54 Å². The molecule has 156 valence electrons. The topological polar surface area (TPSA) is 97.8 Å². The van der Waals surface area contributed by atoms with E-state index < -0.39 is 0 Å². The lowest BCUT2D eigenvalue weighted by Crippen LogP contribution is -2.08. The second-order valence-electron chi connectivity index (χ2n) is 7.70. The van der Waals surface area contributed by atoms with Gasteiger partial charge in [0.15, 0.2) is 0 Å². The van der Waals surface area contributed by atoms with E-state index in [9.17, 15) is 4.79 Å². The van der Waals surface area contributed by atoms with Crippen molar-refractivity contribution in [2.75, 3.05) is 5.73 Å². The minimum absolute atomic E-state index is 0.178. The molecule has 5 heteroatoms. The lowest BCUT2D eigenvalue weighted by Gasteiger charge is -2.14. The third kappa shape index (κ3) is 3.55. The number of nitrogens with two attached hydrogens (primary N) is 2. The third-order valence-corrected chi connectivity index (χ3v) is 5.62. The zero-order valence-electron chi connectivity index (χ0n) is 17.4. The number of aromatic nitrogens is 2. The number of pyridine rings is 2. The van der Waals surface area contributed by atoms with Crippen LogP contribution in [0.4, 0.5) is 5.69 Å². The Bertz CT molecular complexity index is 1470. The first kappa shape index (κ1) is 19.7. The van der Waals surface area contributed by atoms with Crippen LogP contribution in [0.15, 0.2) is 95.9 Å². The molecule has 2 aromatic heterocycles. The van der Waals surface area contributed by atoms with Gasteiger partial charge >= 0.3 is 0 Å². The Hall–Kier alpha value is -4.22. The van der Waals surface area contributed by atoms with Gasteiger partial charge in [0, 0.05) is 35.1 Å². The highest BCUT2D eigenvalue weighted by Crippen LogP contribution is 2.35. The molecule has 0 unspecified atom stereocenters. The van der Waals surface area contributed by atoms with Crippen molar-refractivity contribution in [3.05, 3.63) is 107 Å².